The number of aryl methyl sites for hydroxylation is 2. The molecule has 4 aromatic heterocycles. The average molecular weight is 1230 g/mol. The van der Waals surface area contributed by atoms with Crippen LogP contribution in [0.25, 0.3) is 22.5 Å². The summed E-state index contributed by atoms with van der Waals surface area (Å²) >= 11 is 0. The quantitative estimate of drug-likeness (QED) is 0.0310. The number of nitrogens with zero attached hydrogens (tertiary/aromatic N) is 7. The number of carbonyl (C=O) groups excluding carboxylic acids is 6. The number of nitrogens with one attached hydrogen (secondary N) is 3. The third kappa shape index (κ3) is 16.3. The minimum absolute atomic E-state index is 0.169. The number of nitrogen functional groups attached to an aromatic ring is 1. The van der Waals surface area contributed by atoms with Gasteiger partial charge in [-0.3, -0.25) is 33.5 Å². The average Bonchev–Trinajstić information content (AvgIpc) is 1.70. The highest BCUT2D eigenvalue weighted by Gasteiger charge is 2.39. The smallest absolute Gasteiger partial charge is 0.410 e. The van der Waals surface area contributed by atoms with Gasteiger partial charge in [0.2, 0.25) is 0 Å². The molecule has 23 heteroatoms. The van der Waals surface area contributed by atoms with Crippen molar-refractivity contribution in [2.24, 2.45) is 5.90 Å². The predicted octanol–water partition coefficient (Wildman–Crippen LogP) is 11.6. The van der Waals surface area contributed by atoms with Crippen LogP contribution in [0.2, 0.25) is 0 Å². The maximum Gasteiger partial charge on any atom is 0.410 e. The molecule has 2 fully saturated rings. The number of rotatable bonds is 13. The number of H-pyrrole nitrogens is 1. The van der Waals surface area contributed by atoms with Crippen LogP contribution in [-0.2, 0) is 18.7 Å². The summed E-state index contributed by atoms with van der Waals surface area (Å²) in [6.07, 6.45) is 5.38. The molecule has 0 saturated carbocycles. The summed E-state index contributed by atoms with van der Waals surface area (Å²) < 4.78 is 29.8. The second-order valence-electron chi connectivity index (χ2n) is 23.5. The van der Waals surface area contributed by atoms with Gasteiger partial charge in [0.05, 0.1) is 17.8 Å². The van der Waals surface area contributed by atoms with E-state index in [9.17, 15) is 33.3 Å². The number of hydrogen-bond donors (Lipinski definition) is 5. The molecule has 0 spiro atoms. The van der Waals surface area contributed by atoms with Crippen LogP contribution in [0.1, 0.15) is 158 Å². The number of aromatic amines is 1. The van der Waals surface area contributed by atoms with E-state index >= 15 is 0 Å². The number of amides is 4. The molecule has 89 heavy (non-hydrogen) atoms. The Morgan fingerprint density at radius 1 is 0.596 bits per heavy atom. The Morgan fingerprint density at radius 2 is 1.03 bits per heavy atom. The number of carbonyl (C=O) groups is 6. The summed E-state index contributed by atoms with van der Waals surface area (Å²) in [5.41, 5.74) is 4.41. The molecule has 0 unspecified atom stereocenters. The minimum atomic E-state index is -3.13. The highest BCUT2D eigenvalue weighted by atomic mass is 31.2. The zero-order valence-electron chi connectivity index (χ0n) is 51.6. The normalized spacial score (nSPS) is 14.8. The zero-order chi connectivity index (χ0) is 64.4. The molecule has 2 saturated heterocycles. The van der Waals surface area contributed by atoms with Gasteiger partial charge in [0.15, 0.2) is 17.4 Å². The van der Waals surface area contributed by atoms with Crippen LogP contribution in [-0.4, -0.2) is 99.3 Å². The fraction of sp³-hybridized carbons (Fsp3) is 0.303. The predicted molar refractivity (Wildman–Crippen MR) is 341 cm³/mol. The van der Waals surface area contributed by atoms with E-state index in [0.29, 0.717) is 92.7 Å². The number of hydrogen-bond acceptors (Lipinski definition) is 16. The van der Waals surface area contributed by atoms with Crippen molar-refractivity contribution in [1.82, 2.24) is 39.4 Å². The van der Waals surface area contributed by atoms with Crippen molar-refractivity contribution in [3.63, 3.8) is 0 Å². The molecule has 0 radical (unpaired) electrons. The summed E-state index contributed by atoms with van der Waals surface area (Å²) in [6, 6.07) is 38.1. The van der Waals surface area contributed by atoms with Gasteiger partial charge < -0.3 is 30.9 Å². The van der Waals surface area contributed by atoms with Crippen molar-refractivity contribution in [1.29, 1.82) is 0 Å². The van der Waals surface area contributed by atoms with Crippen LogP contribution in [0.5, 0.6) is 0 Å². The van der Waals surface area contributed by atoms with Gasteiger partial charge in [-0.25, -0.2) is 44.7 Å². The first-order valence-electron chi connectivity index (χ1n) is 29.0. The third-order valence-electron chi connectivity index (χ3n) is 14.2. The molecule has 10 rings (SSSR count). The number of anilines is 2. The zero-order valence-corrected chi connectivity index (χ0v) is 52.5. The van der Waals surface area contributed by atoms with Crippen LogP contribution >= 0.6 is 7.37 Å². The summed E-state index contributed by atoms with van der Waals surface area (Å²) in [5, 5.41) is 6.76. The number of pyridine rings is 2. The summed E-state index contributed by atoms with van der Waals surface area (Å²) in [6.45, 7) is 18.7. The van der Waals surface area contributed by atoms with Gasteiger partial charge >= 0.3 is 12.2 Å². The van der Waals surface area contributed by atoms with Crippen molar-refractivity contribution in [3.8, 4) is 22.5 Å². The van der Waals surface area contributed by atoms with Crippen LogP contribution < -0.4 is 33.0 Å². The van der Waals surface area contributed by atoms with Gasteiger partial charge in [0, 0.05) is 72.2 Å². The first-order chi connectivity index (χ1) is 42.2. The van der Waals surface area contributed by atoms with Crippen molar-refractivity contribution in [2.75, 3.05) is 29.6 Å². The molecular formula is C66H75N12O10P. The lowest BCUT2D eigenvalue weighted by Gasteiger charge is -2.28. The first-order valence-corrected chi connectivity index (χ1v) is 30.6. The maximum atomic E-state index is 12.8. The Hall–Kier alpha value is -9.63. The van der Waals surface area contributed by atoms with E-state index in [4.69, 9.17) is 35.8 Å². The van der Waals surface area contributed by atoms with Gasteiger partial charge in [-0.1, -0.05) is 60.7 Å². The summed E-state index contributed by atoms with van der Waals surface area (Å²) in [7, 11) is -3.13. The molecule has 2 aliphatic rings. The standard InChI is InChI=1S/C27H32N6O4.C27H31N5O4.C12H12NO2P/c1-16-12-13-29-21(15-16)30-25(35)19-10-8-18(9-11-19)22-23(17(2)34)33(28)24(31-22)20-7-6-14-32(20)26(36)37-27(3,4)5;1-16-12-13-28-21(15-16)29-25(34)19-10-8-18(9-11-19)23-22(17(2)33)30-24(31-23)20-7-6-14-32(20)26(35)36-27(3,4)5;13-15-16(14,11-7-3-1-4-8-11)12-9-5-2-6-10-12/h8-13,15,20H,6-7,14,28H2,1-5H3,(H,29,30,35);8-13,15,20H,6-7,14H2,1-5H3,(H,30,31)(H,28,29,34);1-10H,13H2/t2*20-;/m00./s1. The summed E-state index contributed by atoms with van der Waals surface area (Å²) in [4.78, 5) is 100. The molecule has 8 aromatic rings. The minimum Gasteiger partial charge on any atom is -0.444 e. The fourth-order valence-corrected chi connectivity index (χ4v) is 11.7. The molecule has 7 N–H and O–H groups in total. The Balaban J connectivity index is 0.000000185. The molecular weight excluding hydrogens is 1150 g/mol. The Bertz CT molecular complexity index is 3850. The number of benzene rings is 4. The number of ketones is 2. The summed E-state index contributed by atoms with van der Waals surface area (Å²) in [5.74, 6) is 12.5. The first kappa shape index (κ1) is 65.3. The van der Waals surface area contributed by atoms with Gasteiger partial charge in [0.25, 0.3) is 19.2 Å². The van der Waals surface area contributed by atoms with Crippen LogP contribution in [0.3, 0.4) is 0 Å². The Labute approximate surface area is 517 Å². The highest BCUT2D eigenvalue weighted by Crippen LogP contribution is 2.42. The number of imidazole rings is 2. The van der Waals surface area contributed by atoms with Gasteiger partial charge in [-0.2, -0.15) is 0 Å². The fourth-order valence-electron chi connectivity index (χ4n) is 10.1. The van der Waals surface area contributed by atoms with Crippen LogP contribution in [0.4, 0.5) is 21.2 Å². The molecule has 4 aromatic carbocycles. The van der Waals surface area contributed by atoms with Crippen molar-refractivity contribution in [3.05, 3.63) is 191 Å². The van der Waals surface area contributed by atoms with Crippen molar-refractivity contribution in [2.45, 2.75) is 118 Å². The van der Waals surface area contributed by atoms with E-state index in [1.165, 1.54) is 18.5 Å². The monoisotopic (exact) mass is 1230 g/mol. The van der Waals surface area contributed by atoms with Crippen LogP contribution in [0, 0.1) is 13.8 Å². The van der Waals surface area contributed by atoms with E-state index in [0.717, 1.165) is 30.4 Å². The molecule has 464 valence electrons. The molecule has 4 amide bonds. The molecule has 0 aliphatic carbocycles. The number of aromatic nitrogens is 6. The second-order valence-corrected chi connectivity index (χ2v) is 25.8. The number of Topliss-reactive ketones (excluding diaryl/α,β-unsaturated/α-hetero) is 2. The van der Waals surface area contributed by atoms with Gasteiger partial charge in [-0.05, 0) is 165 Å². The van der Waals surface area contributed by atoms with E-state index in [1.54, 1.807) is 107 Å². The maximum absolute atomic E-state index is 12.8. The second kappa shape index (κ2) is 28.0. The molecule has 2 atom stereocenters. The van der Waals surface area contributed by atoms with Crippen molar-refractivity contribution < 1.29 is 47.4 Å². The highest BCUT2D eigenvalue weighted by molar-refractivity contribution is 7.74. The molecule has 22 nitrogen and oxygen atoms in total. The third-order valence-corrected chi connectivity index (χ3v) is 16.5. The SMILES string of the molecule is CC(=O)c1[nH]c([C@@H]2CCCN2C(=O)OC(C)(C)C)nc1-c1ccc(C(=O)Nc2cc(C)ccn2)cc1.CC(=O)c1c(-c2ccc(C(=O)Nc3cc(C)ccn3)cc2)nc([C@@H]2CCCN2C(=O)OC(C)(C)C)n1N.NOP(=O)(c1ccccc1)c1ccccc1. The molecule has 2 aliphatic heterocycles. The van der Waals surface area contributed by atoms with E-state index in [1.807, 2.05) is 104 Å². The number of nitrogens with two attached hydrogens (primary N) is 2. The van der Waals surface area contributed by atoms with Crippen LogP contribution in [0.15, 0.2) is 146 Å². The lowest BCUT2D eigenvalue weighted by Crippen LogP contribution is -2.37. The lowest BCUT2D eigenvalue weighted by atomic mass is 10.1. The van der Waals surface area contributed by atoms with Gasteiger partial charge in [-0.15, -0.1) is 0 Å². The Morgan fingerprint density at radius 3 is 1.45 bits per heavy atom. The Kier molecular flexibility index (Phi) is 20.6. The number of ether oxygens (including phenoxy) is 2. The van der Waals surface area contributed by atoms with Gasteiger partial charge in [0.1, 0.15) is 45.7 Å². The molecule has 6 heterocycles. The van der Waals surface area contributed by atoms with E-state index in [-0.39, 0.29) is 35.1 Å². The van der Waals surface area contributed by atoms with Crippen molar-refractivity contribution >= 4 is 65.2 Å². The van der Waals surface area contributed by atoms with E-state index in [2.05, 4.69) is 25.6 Å². The van der Waals surface area contributed by atoms with E-state index < -0.39 is 36.8 Å². The topological polar surface area (TPSA) is 302 Å². The largest absolute Gasteiger partial charge is 0.444 e. The lowest BCUT2D eigenvalue weighted by molar-refractivity contribution is 0.0207. The molecule has 0 bridgehead atoms. The number of likely N-dealkylation sites (tertiary alicyclic amines) is 2.